The Hall–Kier alpha value is -2.15. The van der Waals surface area contributed by atoms with Crippen molar-refractivity contribution in [3.8, 4) is 0 Å². The van der Waals surface area contributed by atoms with Crippen LogP contribution >= 0.6 is 15.9 Å². The topological polar surface area (TPSA) is 83.6 Å². The van der Waals surface area contributed by atoms with E-state index in [1.54, 1.807) is 6.92 Å². The van der Waals surface area contributed by atoms with Crippen LogP contribution in [0.3, 0.4) is 0 Å². The average Bonchev–Trinajstić information content (AvgIpc) is 2.89. The first-order chi connectivity index (χ1) is 10.5. The second-order valence-electron chi connectivity index (χ2n) is 4.83. The highest BCUT2D eigenvalue weighted by atomic mass is 79.9. The number of rotatable bonds is 6. The summed E-state index contributed by atoms with van der Waals surface area (Å²) in [4.78, 5) is 24.7. The predicted octanol–water partition coefficient (Wildman–Crippen LogP) is 2.86. The molecule has 0 unspecified atom stereocenters. The number of carboxylic acid groups (broad SMARTS) is 1. The van der Waals surface area contributed by atoms with E-state index in [1.807, 2.05) is 24.3 Å². The Kier molecular flexibility index (Phi) is 5.32. The van der Waals surface area contributed by atoms with Crippen molar-refractivity contribution in [1.29, 1.82) is 0 Å². The number of carboxylic acids is 1. The number of halogens is 1. The fourth-order valence-electron chi connectivity index (χ4n) is 1.96. The predicted molar refractivity (Wildman–Crippen MR) is 82.4 cm³/mol. The molecule has 1 heterocycles. The molecule has 6 nitrogen and oxygen atoms in total. The molecule has 0 aliphatic heterocycles. The molecule has 1 aromatic carbocycles. The van der Waals surface area contributed by atoms with Crippen LogP contribution in [0.1, 0.15) is 28.2 Å². The first-order valence-corrected chi connectivity index (χ1v) is 7.44. The molecule has 22 heavy (non-hydrogen) atoms. The number of amides is 1. The van der Waals surface area contributed by atoms with Crippen molar-refractivity contribution in [2.24, 2.45) is 0 Å². The minimum absolute atomic E-state index is 0.0976. The summed E-state index contributed by atoms with van der Waals surface area (Å²) >= 11 is 3.37. The van der Waals surface area contributed by atoms with Gasteiger partial charge in [0, 0.05) is 23.6 Å². The van der Waals surface area contributed by atoms with Gasteiger partial charge in [0.25, 0.3) is 5.91 Å². The third kappa shape index (κ3) is 4.42. The van der Waals surface area contributed by atoms with Gasteiger partial charge in [-0.1, -0.05) is 33.2 Å². The standard InChI is InChI=1S/C15H15BrN2O4/c1-10-7-13(22-17-10)15(21)18(6-5-14(19)20)9-11-3-2-4-12(16)8-11/h2-4,7-8H,5-6,9H2,1H3,(H,19,20). The van der Waals surface area contributed by atoms with Crippen molar-refractivity contribution in [3.63, 3.8) is 0 Å². The Bertz CT molecular complexity index is 684. The van der Waals surface area contributed by atoms with Crippen molar-refractivity contribution in [2.45, 2.75) is 19.9 Å². The number of aromatic nitrogens is 1. The molecule has 0 aliphatic carbocycles. The van der Waals surface area contributed by atoms with Crippen molar-refractivity contribution >= 4 is 27.8 Å². The summed E-state index contributed by atoms with van der Waals surface area (Å²) in [7, 11) is 0. The van der Waals surface area contributed by atoms with E-state index in [2.05, 4.69) is 21.1 Å². The summed E-state index contributed by atoms with van der Waals surface area (Å²) < 4.78 is 5.87. The Morgan fingerprint density at radius 1 is 1.36 bits per heavy atom. The van der Waals surface area contributed by atoms with Gasteiger partial charge in [0.2, 0.25) is 5.76 Å². The molecule has 0 aliphatic rings. The van der Waals surface area contributed by atoms with E-state index < -0.39 is 5.97 Å². The van der Waals surface area contributed by atoms with Gasteiger partial charge in [-0.3, -0.25) is 9.59 Å². The van der Waals surface area contributed by atoms with Crippen LogP contribution < -0.4 is 0 Å². The number of hydrogen-bond acceptors (Lipinski definition) is 4. The van der Waals surface area contributed by atoms with Crippen LogP contribution in [0.5, 0.6) is 0 Å². The van der Waals surface area contributed by atoms with Crippen LogP contribution in [0.4, 0.5) is 0 Å². The first kappa shape index (κ1) is 16.2. The second kappa shape index (κ2) is 7.22. The number of hydrogen-bond donors (Lipinski definition) is 1. The molecule has 2 rings (SSSR count). The maximum Gasteiger partial charge on any atom is 0.305 e. The van der Waals surface area contributed by atoms with Gasteiger partial charge < -0.3 is 14.5 Å². The molecule has 0 radical (unpaired) electrons. The molecule has 0 fully saturated rings. The molecular formula is C15H15BrN2O4. The summed E-state index contributed by atoms with van der Waals surface area (Å²) in [5.41, 5.74) is 1.49. The monoisotopic (exact) mass is 366 g/mol. The number of nitrogens with zero attached hydrogens (tertiary/aromatic N) is 2. The third-order valence-corrected chi connectivity index (χ3v) is 3.48. The Balaban J connectivity index is 2.18. The average molecular weight is 367 g/mol. The van der Waals surface area contributed by atoms with Crippen molar-refractivity contribution in [3.05, 3.63) is 51.8 Å². The van der Waals surface area contributed by atoms with E-state index in [-0.39, 0.29) is 24.6 Å². The molecule has 0 spiro atoms. The van der Waals surface area contributed by atoms with Crippen LogP contribution in [-0.2, 0) is 11.3 Å². The molecule has 1 aromatic heterocycles. The van der Waals surface area contributed by atoms with Crippen LogP contribution in [0.2, 0.25) is 0 Å². The summed E-state index contributed by atoms with van der Waals surface area (Å²) in [5, 5.41) is 12.5. The maximum atomic E-state index is 12.4. The maximum absolute atomic E-state index is 12.4. The molecular weight excluding hydrogens is 352 g/mol. The van der Waals surface area contributed by atoms with E-state index in [0.717, 1.165) is 10.0 Å². The lowest BCUT2D eigenvalue weighted by Crippen LogP contribution is -2.32. The summed E-state index contributed by atoms with van der Waals surface area (Å²) in [5.74, 6) is -1.22. The van der Waals surface area contributed by atoms with E-state index in [4.69, 9.17) is 9.63 Å². The molecule has 1 amide bonds. The van der Waals surface area contributed by atoms with E-state index >= 15 is 0 Å². The highest BCUT2D eigenvalue weighted by molar-refractivity contribution is 9.10. The third-order valence-electron chi connectivity index (χ3n) is 2.98. The highest BCUT2D eigenvalue weighted by Gasteiger charge is 2.21. The van der Waals surface area contributed by atoms with Gasteiger partial charge in [0.15, 0.2) is 0 Å². The molecule has 0 bridgehead atoms. The van der Waals surface area contributed by atoms with Gasteiger partial charge in [-0.05, 0) is 24.6 Å². The molecule has 7 heteroatoms. The normalized spacial score (nSPS) is 10.5. The number of aryl methyl sites for hydroxylation is 1. The number of aliphatic carboxylic acids is 1. The van der Waals surface area contributed by atoms with Crippen molar-refractivity contribution < 1.29 is 19.2 Å². The van der Waals surface area contributed by atoms with Gasteiger partial charge >= 0.3 is 5.97 Å². The van der Waals surface area contributed by atoms with Crippen LogP contribution in [0.15, 0.2) is 39.3 Å². The Morgan fingerprint density at radius 3 is 2.73 bits per heavy atom. The highest BCUT2D eigenvalue weighted by Crippen LogP contribution is 2.16. The molecule has 116 valence electrons. The Morgan fingerprint density at radius 2 is 2.14 bits per heavy atom. The lowest BCUT2D eigenvalue weighted by Gasteiger charge is -2.20. The fourth-order valence-corrected chi connectivity index (χ4v) is 2.41. The molecule has 0 saturated carbocycles. The molecule has 0 atom stereocenters. The zero-order valence-electron chi connectivity index (χ0n) is 12.0. The van der Waals surface area contributed by atoms with E-state index in [9.17, 15) is 9.59 Å². The second-order valence-corrected chi connectivity index (χ2v) is 5.75. The quantitative estimate of drug-likeness (QED) is 0.849. The molecule has 1 N–H and O–H groups in total. The fraction of sp³-hybridized carbons (Fsp3) is 0.267. The number of benzene rings is 1. The summed E-state index contributed by atoms with van der Waals surface area (Å²) in [6.45, 7) is 2.11. The molecule has 2 aromatic rings. The van der Waals surface area contributed by atoms with Crippen LogP contribution in [0, 0.1) is 6.92 Å². The van der Waals surface area contributed by atoms with Gasteiger partial charge in [-0.2, -0.15) is 0 Å². The smallest absolute Gasteiger partial charge is 0.305 e. The lowest BCUT2D eigenvalue weighted by molar-refractivity contribution is -0.137. The van der Waals surface area contributed by atoms with E-state index in [0.29, 0.717) is 12.2 Å². The number of carbonyl (C=O) groups is 2. The van der Waals surface area contributed by atoms with Crippen molar-refractivity contribution in [2.75, 3.05) is 6.54 Å². The Labute approximate surface area is 135 Å². The van der Waals surface area contributed by atoms with Crippen molar-refractivity contribution in [1.82, 2.24) is 10.1 Å². The zero-order chi connectivity index (χ0) is 16.1. The largest absolute Gasteiger partial charge is 0.481 e. The lowest BCUT2D eigenvalue weighted by atomic mass is 10.2. The van der Waals surface area contributed by atoms with Gasteiger partial charge in [-0.25, -0.2) is 0 Å². The van der Waals surface area contributed by atoms with Crippen LogP contribution in [-0.4, -0.2) is 33.6 Å². The zero-order valence-corrected chi connectivity index (χ0v) is 13.5. The SMILES string of the molecule is Cc1cc(C(=O)N(CCC(=O)O)Cc2cccc(Br)c2)on1. The van der Waals surface area contributed by atoms with Crippen LogP contribution in [0.25, 0.3) is 0 Å². The first-order valence-electron chi connectivity index (χ1n) is 6.64. The number of carbonyl (C=O) groups excluding carboxylic acids is 1. The minimum Gasteiger partial charge on any atom is -0.481 e. The van der Waals surface area contributed by atoms with Gasteiger partial charge in [0.05, 0.1) is 12.1 Å². The molecule has 0 saturated heterocycles. The summed E-state index contributed by atoms with van der Waals surface area (Å²) in [6.07, 6.45) is -0.132. The van der Waals surface area contributed by atoms with E-state index in [1.165, 1.54) is 11.0 Å². The summed E-state index contributed by atoms with van der Waals surface area (Å²) in [6, 6.07) is 9.03. The van der Waals surface area contributed by atoms with Gasteiger partial charge in [-0.15, -0.1) is 0 Å². The van der Waals surface area contributed by atoms with Gasteiger partial charge in [0.1, 0.15) is 0 Å². The minimum atomic E-state index is -0.958.